The van der Waals surface area contributed by atoms with E-state index in [1.54, 1.807) is 6.26 Å². The van der Waals surface area contributed by atoms with Crippen molar-refractivity contribution in [3.8, 4) is 0 Å². The number of furan rings is 1. The number of aryl methyl sites for hydroxylation is 1. The van der Waals surface area contributed by atoms with Crippen LogP contribution in [0, 0.1) is 0 Å². The van der Waals surface area contributed by atoms with Crippen LogP contribution in [0.15, 0.2) is 29.0 Å². The van der Waals surface area contributed by atoms with Gasteiger partial charge in [0.25, 0.3) is 0 Å². The molecule has 4 nitrogen and oxygen atoms in total. The van der Waals surface area contributed by atoms with Crippen LogP contribution in [-0.4, -0.2) is 9.78 Å². The standard InChI is InChI=1S/C12H15N3O/c1-15-11-6-8(12-3-2-4-16-12)5-10(13)9(11)7-14-15/h2-4,7-8,10H,5-6,13H2,1H3. The number of hydrogen-bond acceptors (Lipinski definition) is 3. The summed E-state index contributed by atoms with van der Waals surface area (Å²) in [6.45, 7) is 0. The maximum atomic E-state index is 6.16. The summed E-state index contributed by atoms with van der Waals surface area (Å²) in [6.07, 6.45) is 5.51. The highest BCUT2D eigenvalue weighted by Crippen LogP contribution is 2.37. The van der Waals surface area contributed by atoms with Gasteiger partial charge in [0.15, 0.2) is 0 Å². The predicted molar refractivity (Wildman–Crippen MR) is 59.9 cm³/mol. The summed E-state index contributed by atoms with van der Waals surface area (Å²) < 4.78 is 7.39. The van der Waals surface area contributed by atoms with Crippen LogP contribution in [0.3, 0.4) is 0 Å². The first-order valence-corrected chi connectivity index (χ1v) is 5.55. The summed E-state index contributed by atoms with van der Waals surface area (Å²) in [5, 5.41) is 4.27. The van der Waals surface area contributed by atoms with Crippen molar-refractivity contribution in [2.75, 3.05) is 0 Å². The van der Waals surface area contributed by atoms with E-state index >= 15 is 0 Å². The zero-order valence-corrected chi connectivity index (χ0v) is 9.26. The second-order valence-corrected chi connectivity index (χ2v) is 4.43. The average molecular weight is 217 g/mol. The predicted octanol–water partition coefficient (Wildman–Crippen LogP) is 1.74. The highest BCUT2D eigenvalue weighted by atomic mass is 16.3. The van der Waals surface area contributed by atoms with Gasteiger partial charge in [0, 0.05) is 30.3 Å². The Balaban J connectivity index is 1.97. The third-order valence-corrected chi connectivity index (χ3v) is 3.42. The molecule has 0 bridgehead atoms. The Bertz CT molecular complexity index is 486. The summed E-state index contributed by atoms with van der Waals surface area (Å²) in [5.74, 6) is 1.41. The zero-order valence-electron chi connectivity index (χ0n) is 9.26. The van der Waals surface area contributed by atoms with Crippen molar-refractivity contribution >= 4 is 0 Å². The molecule has 0 saturated carbocycles. The first-order chi connectivity index (χ1) is 7.75. The molecule has 0 aromatic carbocycles. The quantitative estimate of drug-likeness (QED) is 0.791. The van der Waals surface area contributed by atoms with Crippen molar-refractivity contribution in [3.63, 3.8) is 0 Å². The molecule has 84 valence electrons. The molecule has 2 unspecified atom stereocenters. The Morgan fingerprint density at radius 3 is 3.19 bits per heavy atom. The second kappa shape index (κ2) is 3.49. The summed E-state index contributed by atoms with van der Waals surface area (Å²) >= 11 is 0. The van der Waals surface area contributed by atoms with E-state index in [9.17, 15) is 0 Å². The SMILES string of the molecule is Cn1ncc2c1CC(c1ccco1)CC2N. The molecule has 0 amide bonds. The van der Waals surface area contributed by atoms with Crippen molar-refractivity contribution in [2.24, 2.45) is 12.8 Å². The molecule has 3 rings (SSSR count). The Hall–Kier alpha value is -1.55. The summed E-state index contributed by atoms with van der Waals surface area (Å²) in [6, 6.07) is 4.03. The minimum absolute atomic E-state index is 0.0764. The minimum atomic E-state index is 0.0764. The van der Waals surface area contributed by atoms with E-state index in [1.165, 1.54) is 11.3 Å². The van der Waals surface area contributed by atoms with Gasteiger partial charge >= 0.3 is 0 Å². The van der Waals surface area contributed by atoms with Crippen molar-refractivity contribution in [3.05, 3.63) is 41.6 Å². The van der Waals surface area contributed by atoms with Crippen LogP contribution in [-0.2, 0) is 13.5 Å². The average Bonchev–Trinajstić information content (AvgIpc) is 2.88. The van der Waals surface area contributed by atoms with E-state index in [0.717, 1.165) is 18.6 Å². The molecule has 2 atom stereocenters. The molecule has 2 heterocycles. The van der Waals surface area contributed by atoms with Crippen LogP contribution in [0.2, 0.25) is 0 Å². The van der Waals surface area contributed by atoms with E-state index in [0.29, 0.717) is 5.92 Å². The fourth-order valence-corrected chi connectivity index (χ4v) is 2.53. The topological polar surface area (TPSA) is 57.0 Å². The lowest BCUT2D eigenvalue weighted by molar-refractivity contribution is 0.400. The van der Waals surface area contributed by atoms with E-state index in [-0.39, 0.29) is 6.04 Å². The van der Waals surface area contributed by atoms with Crippen LogP contribution in [0.5, 0.6) is 0 Å². The van der Waals surface area contributed by atoms with E-state index in [4.69, 9.17) is 10.2 Å². The number of fused-ring (bicyclic) bond motifs is 1. The van der Waals surface area contributed by atoms with Crippen LogP contribution in [0.1, 0.15) is 35.4 Å². The van der Waals surface area contributed by atoms with Crippen molar-refractivity contribution in [1.82, 2.24) is 9.78 Å². The molecule has 0 spiro atoms. The molecular weight excluding hydrogens is 202 g/mol. The second-order valence-electron chi connectivity index (χ2n) is 4.43. The molecule has 1 aliphatic rings. The lowest BCUT2D eigenvalue weighted by atomic mass is 9.83. The number of aromatic nitrogens is 2. The third kappa shape index (κ3) is 1.38. The van der Waals surface area contributed by atoms with Gasteiger partial charge in [-0.1, -0.05) is 0 Å². The molecule has 1 aliphatic carbocycles. The van der Waals surface area contributed by atoms with Gasteiger partial charge in [0.2, 0.25) is 0 Å². The van der Waals surface area contributed by atoms with Gasteiger partial charge in [-0.15, -0.1) is 0 Å². The third-order valence-electron chi connectivity index (χ3n) is 3.42. The Morgan fingerprint density at radius 2 is 2.44 bits per heavy atom. The van der Waals surface area contributed by atoms with Gasteiger partial charge < -0.3 is 10.2 Å². The lowest BCUT2D eigenvalue weighted by Crippen LogP contribution is -2.23. The van der Waals surface area contributed by atoms with Gasteiger partial charge in [-0.2, -0.15) is 5.10 Å². The molecule has 2 aromatic rings. The molecule has 0 radical (unpaired) electrons. The normalized spacial score (nSPS) is 24.4. The maximum absolute atomic E-state index is 6.16. The fourth-order valence-electron chi connectivity index (χ4n) is 2.53. The highest BCUT2D eigenvalue weighted by molar-refractivity contribution is 5.28. The molecule has 4 heteroatoms. The van der Waals surface area contributed by atoms with Crippen LogP contribution >= 0.6 is 0 Å². The highest BCUT2D eigenvalue weighted by Gasteiger charge is 2.29. The van der Waals surface area contributed by atoms with Gasteiger partial charge in [0.05, 0.1) is 12.5 Å². The number of nitrogens with two attached hydrogens (primary N) is 1. The van der Waals surface area contributed by atoms with Crippen LogP contribution in [0.25, 0.3) is 0 Å². The summed E-state index contributed by atoms with van der Waals surface area (Å²) in [4.78, 5) is 0. The van der Waals surface area contributed by atoms with E-state index in [1.807, 2.05) is 30.1 Å². The first-order valence-electron chi connectivity index (χ1n) is 5.55. The Labute approximate surface area is 94.0 Å². The number of hydrogen-bond donors (Lipinski definition) is 1. The number of rotatable bonds is 1. The fraction of sp³-hybridized carbons (Fsp3) is 0.417. The van der Waals surface area contributed by atoms with Crippen molar-refractivity contribution in [1.29, 1.82) is 0 Å². The zero-order chi connectivity index (χ0) is 11.1. The van der Waals surface area contributed by atoms with Crippen LogP contribution in [0.4, 0.5) is 0 Å². The molecule has 2 aromatic heterocycles. The van der Waals surface area contributed by atoms with Gasteiger partial charge in [0.1, 0.15) is 5.76 Å². The Morgan fingerprint density at radius 1 is 1.56 bits per heavy atom. The monoisotopic (exact) mass is 217 g/mol. The molecule has 16 heavy (non-hydrogen) atoms. The molecule has 2 N–H and O–H groups in total. The number of nitrogens with zero attached hydrogens (tertiary/aromatic N) is 2. The lowest BCUT2D eigenvalue weighted by Gasteiger charge is -2.25. The molecule has 0 aliphatic heterocycles. The largest absolute Gasteiger partial charge is 0.469 e. The van der Waals surface area contributed by atoms with E-state index < -0.39 is 0 Å². The summed E-state index contributed by atoms with van der Waals surface area (Å²) in [5.41, 5.74) is 8.58. The smallest absolute Gasteiger partial charge is 0.107 e. The van der Waals surface area contributed by atoms with Crippen LogP contribution < -0.4 is 5.73 Å². The molecule has 0 fully saturated rings. The van der Waals surface area contributed by atoms with Crippen molar-refractivity contribution < 1.29 is 4.42 Å². The summed E-state index contributed by atoms with van der Waals surface area (Å²) in [7, 11) is 1.97. The van der Waals surface area contributed by atoms with Gasteiger partial charge in [-0.3, -0.25) is 4.68 Å². The molecule has 0 saturated heterocycles. The Kier molecular flexibility index (Phi) is 2.11. The first kappa shape index (κ1) is 9.66. The maximum Gasteiger partial charge on any atom is 0.107 e. The van der Waals surface area contributed by atoms with Crippen molar-refractivity contribution in [2.45, 2.75) is 24.8 Å². The molecular formula is C12H15N3O. The van der Waals surface area contributed by atoms with Gasteiger partial charge in [-0.25, -0.2) is 0 Å². The minimum Gasteiger partial charge on any atom is -0.469 e. The van der Waals surface area contributed by atoms with E-state index in [2.05, 4.69) is 5.10 Å². The van der Waals surface area contributed by atoms with Gasteiger partial charge in [-0.05, 0) is 25.0 Å².